The van der Waals surface area contributed by atoms with Crippen LogP contribution in [0.4, 0.5) is 0 Å². The maximum Gasteiger partial charge on any atom is 0.222 e. The van der Waals surface area contributed by atoms with Crippen LogP contribution in [0.3, 0.4) is 0 Å². The molecule has 0 radical (unpaired) electrons. The molecule has 21 heavy (non-hydrogen) atoms. The second-order valence-corrected chi connectivity index (χ2v) is 7.69. The van der Waals surface area contributed by atoms with E-state index >= 15 is 0 Å². The Bertz CT molecular complexity index is 396. The van der Waals surface area contributed by atoms with Crippen LogP contribution in [0.15, 0.2) is 0 Å². The molecule has 0 bridgehead atoms. The molecule has 3 N–H and O–H groups in total. The maximum absolute atomic E-state index is 11.9. The van der Waals surface area contributed by atoms with Crippen molar-refractivity contribution in [2.24, 2.45) is 11.7 Å². The van der Waals surface area contributed by atoms with Crippen LogP contribution in [0.1, 0.15) is 46.5 Å². The fourth-order valence-electron chi connectivity index (χ4n) is 2.08. The molecule has 0 heterocycles. The highest BCUT2D eigenvalue weighted by Crippen LogP contribution is 2.09. The molecule has 2 unspecified atom stereocenters. The Hall–Kier alpha value is -0.660. The normalized spacial score (nSPS) is 15.0. The van der Waals surface area contributed by atoms with E-state index in [4.69, 9.17) is 5.73 Å². The van der Waals surface area contributed by atoms with Gasteiger partial charge in [-0.1, -0.05) is 20.3 Å². The highest BCUT2D eigenvalue weighted by atomic mass is 32.2. The third-order valence-electron chi connectivity index (χ3n) is 3.45. The summed E-state index contributed by atoms with van der Waals surface area (Å²) in [6, 6.07) is 0.177. The number of carbonyl (C=O) groups excluding carboxylic acids is 1. The Balaban J connectivity index is 3.88. The van der Waals surface area contributed by atoms with Gasteiger partial charge in [0, 0.05) is 31.6 Å². The number of sulfonamides is 1. The lowest BCUT2D eigenvalue weighted by atomic mass is 10.0. The summed E-state index contributed by atoms with van der Waals surface area (Å²) in [6.45, 7) is 7.08. The molecule has 126 valence electrons. The second kappa shape index (κ2) is 10.1. The van der Waals surface area contributed by atoms with Gasteiger partial charge in [-0.05, 0) is 26.2 Å². The summed E-state index contributed by atoms with van der Waals surface area (Å²) in [6.07, 6.45) is 4.54. The molecular weight excluding hydrogens is 290 g/mol. The van der Waals surface area contributed by atoms with Crippen LogP contribution in [-0.2, 0) is 14.8 Å². The Kier molecular flexibility index (Phi) is 9.81. The molecule has 0 fully saturated rings. The molecule has 0 aromatic rings. The molecule has 2 atom stereocenters. The zero-order chi connectivity index (χ0) is 16.5. The summed E-state index contributed by atoms with van der Waals surface area (Å²) in [5.41, 5.74) is 5.68. The van der Waals surface area contributed by atoms with E-state index in [1.807, 2.05) is 13.8 Å². The van der Waals surface area contributed by atoms with Crippen molar-refractivity contribution in [3.63, 3.8) is 0 Å². The average Bonchev–Trinajstić information content (AvgIpc) is 2.36. The zero-order valence-corrected chi connectivity index (χ0v) is 14.6. The van der Waals surface area contributed by atoms with Gasteiger partial charge in [-0.25, -0.2) is 12.7 Å². The largest absolute Gasteiger partial charge is 0.356 e. The van der Waals surface area contributed by atoms with E-state index in [0.717, 1.165) is 19.3 Å². The quantitative estimate of drug-likeness (QED) is 0.554. The van der Waals surface area contributed by atoms with Gasteiger partial charge >= 0.3 is 0 Å². The van der Waals surface area contributed by atoms with Crippen molar-refractivity contribution in [2.75, 3.05) is 25.9 Å². The molecule has 0 aliphatic rings. The molecular formula is C14H31N3O3S. The summed E-state index contributed by atoms with van der Waals surface area (Å²) >= 11 is 0. The lowest BCUT2D eigenvalue weighted by molar-refractivity contribution is -0.124. The van der Waals surface area contributed by atoms with Gasteiger partial charge in [0.05, 0.1) is 6.26 Å². The lowest BCUT2D eigenvalue weighted by Crippen LogP contribution is -2.35. The van der Waals surface area contributed by atoms with E-state index in [9.17, 15) is 13.2 Å². The first kappa shape index (κ1) is 20.3. The fraction of sp³-hybridized carbons (Fsp3) is 0.929. The second-order valence-electron chi connectivity index (χ2n) is 5.71. The maximum atomic E-state index is 11.9. The van der Waals surface area contributed by atoms with E-state index in [-0.39, 0.29) is 17.9 Å². The first-order chi connectivity index (χ1) is 9.68. The Morgan fingerprint density at radius 2 is 1.86 bits per heavy atom. The summed E-state index contributed by atoms with van der Waals surface area (Å²) in [5, 5.41) is 2.86. The number of hydrogen-bond acceptors (Lipinski definition) is 4. The molecule has 0 spiro atoms. The lowest BCUT2D eigenvalue weighted by Gasteiger charge is -2.18. The minimum absolute atomic E-state index is 0.0269. The summed E-state index contributed by atoms with van der Waals surface area (Å²) in [7, 11) is -3.14. The molecule has 0 rings (SSSR count). The van der Waals surface area contributed by atoms with E-state index in [0.29, 0.717) is 26.1 Å². The molecule has 0 aromatic heterocycles. The van der Waals surface area contributed by atoms with Gasteiger partial charge in [0.1, 0.15) is 0 Å². The van der Waals surface area contributed by atoms with Crippen LogP contribution < -0.4 is 11.1 Å². The summed E-state index contributed by atoms with van der Waals surface area (Å²) < 4.78 is 24.2. The first-order valence-electron chi connectivity index (χ1n) is 7.66. The van der Waals surface area contributed by atoms with Crippen molar-refractivity contribution < 1.29 is 13.2 Å². The Morgan fingerprint density at radius 1 is 1.24 bits per heavy atom. The van der Waals surface area contributed by atoms with Crippen LogP contribution in [0.2, 0.25) is 0 Å². The summed E-state index contributed by atoms with van der Waals surface area (Å²) in [5.74, 6) is 0.00279. The third kappa shape index (κ3) is 9.82. The van der Waals surface area contributed by atoms with Gasteiger partial charge in [0.15, 0.2) is 0 Å². The van der Waals surface area contributed by atoms with E-state index in [2.05, 4.69) is 5.32 Å². The fourth-order valence-corrected chi connectivity index (χ4v) is 3.01. The topological polar surface area (TPSA) is 92.5 Å². The van der Waals surface area contributed by atoms with Gasteiger partial charge in [-0.3, -0.25) is 4.79 Å². The molecule has 0 aliphatic carbocycles. The standard InChI is InChI=1S/C14H31N3O3S/c1-5-17(21(4,19)20)11-7-10-16-14(18)12(2)8-6-9-13(3)15/h12-13H,5-11,15H2,1-4H3,(H,16,18). The van der Waals surface area contributed by atoms with Crippen molar-refractivity contribution in [2.45, 2.75) is 52.5 Å². The van der Waals surface area contributed by atoms with Crippen LogP contribution in [0.25, 0.3) is 0 Å². The van der Waals surface area contributed by atoms with E-state index in [1.165, 1.54) is 10.6 Å². The molecule has 7 heteroatoms. The number of nitrogens with one attached hydrogen (secondary N) is 1. The predicted molar refractivity (Wildman–Crippen MR) is 86.4 cm³/mol. The summed E-state index contributed by atoms with van der Waals surface area (Å²) in [4.78, 5) is 11.9. The number of rotatable bonds is 11. The SMILES string of the molecule is CCN(CCCNC(=O)C(C)CCCC(C)N)S(C)(=O)=O. The number of hydrogen-bond donors (Lipinski definition) is 2. The van der Waals surface area contributed by atoms with Crippen molar-refractivity contribution in [3.8, 4) is 0 Å². The zero-order valence-electron chi connectivity index (χ0n) is 13.8. The van der Waals surface area contributed by atoms with E-state index < -0.39 is 10.0 Å². The molecule has 0 saturated carbocycles. The number of nitrogens with zero attached hydrogens (tertiary/aromatic N) is 1. The molecule has 0 aliphatic heterocycles. The Labute approximate surface area is 129 Å². The van der Waals surface area contributed by atoms with Gasteiger partial charge in [0.25, 0.3) is 0 Å². The van der Waals surface area contributed by atoms with Crippen LogP contribution in [-0.4, -0.2) is 50.6 Å². The third-order valence-corrected chi connectivity index (χ3v) is 4.83. The van der Waals surface area contributed by atoms with Crippen molar-refractivity contribution in [1.29, 1.82) is 0 Å². The van der Waals surface area contributed by atoms with Crippen LogP contribution in [0.5, 0.6) is 0 Å². The van der Waals surface area contributed by atoms with Crippen molar-refractivity contribution in [1.82, 2.24) is 9.62 Å². The van der Waals surface area contributed by atoms with Gasteiger partial charge in [0.2, 0.25) is 15.9 Å². The van der Waals surface area contributed by atoms with E-state index in [1.54, 1.807) is 6.92 Å². The van der Waals surface area contributed by atoms with Crippen molar-refractivity contribution in [3.05, 3.63) is 0 Å². The highest BCUT2D eigenvalue weighted by Gasteiger charge is 2.15. The smallest absolute Gasteiger partial charge is 0.222 e. The van der Waals surface area contributed by atoms with Gasteiger partial charge in [-0.2, -0.15) is 0 Å². The minimum Gasteiger partial charge on any atom is -0.356 e. The average molecular weight is 321 g/mol. The minimum atomic E-state index is -3.14. The predicted octanol–water partition coefficient (Wildman–Crippen LogP) is 0.928. The van der Waals surface area contributed by atoms with Gasteiger partial charge < -0.3 is 11.1 Å². The molecule has 1 amide bonds. The molecule has 0 aromatic carbocycles. The van der Waals surface area contributed by atoms with Crippen LogP contribution >= 0.6 is 0 Å². The molecule has 0 saturated heterocycles. The Morgan fingerprint density at radius 3 is 2.33 bits per heavy atom. The number of carbonyl (C=O) groups is 1. The van der Waals surface area contributed by atoms with Crippen molar-refractivity contribution >= 4 is 15.9 Å². The number of nitrogens with two attached hydrogens (primary N) is 1. The molecule has 6 nitrogen and oxygen atoms in total. The van der Waals surface area contributed by atoms with Crippen LogP contribution in [0, 0.1) is 5.92 Å². The van der Waals surface area contributed by atoms with Gasteiger partial charge in [-0.15, -0.1) is 0 Å². The first-order valence-corrected chi connectivity index (χ1v) is 9.51. The number of amides is 1. The highest BCUT2D eigenvalue weighted by molar-refractivity contribution is 7.88. The monoisotopic (exact) mass is 321 g/mol.